The number of nitrogens with zero attached hydrogens (tertiary/aromatic N) is 2. The van der Waals surface area contributed by atoms with Crippen molar-refractivity contribution in [2.75, 3.05) is 20.7 Å². The van der Waals surface area contributed by atoms with Crippen LogP contribution in [0, 0.1) is 0 Å². The standard InChI is InChI=1S/C16H22N4O/c1-17-16(18-9-12-20-10-3-4-11-20)19-13-14-5-7-15(21-2)8-6-14/h3-8,10-11H,9,12-13H2,1-2H3,(H2,17,18,19). The smallest absolute Gasteiger partial charge is 0.191 e. The van der Waals surface area contributed by atoms with Crippen LogP contribution in [0.5, 0.6) is 5.75 Å². The molecule has 2 aromatic rings. The van der Waals surface area contributed by atoms with Gasteiger partial charge in [0, 0.05) is 39.1 Å². The van der Waals surface area contributed by atoms with Crippen molar-refractivity contribution in [2.45, 2.75) is 13.1 Å². The third kappa shape index (κ3) is 4.87. The Labute approximate surface area is 125 Å². The summed E-state index contributed by atoms with van der Waals surface area (Å²) >= 11 is 0. The van der Waals surface area contributed by atoms with Crippen molar-refractivity contribution in [3.05, 3.63) is 54.4 Å². The van der Waals surface area contributed by atoms with Gasteiger partial charge in [-0.1, -0.05) is 12.1 Å². The van der Waals surface area contributed by atoms with E-state index in [1.807, 2.05) is 36.4 Å². The minimum Gasteiger partial charge on any atom is -0.497 e. The van der Waals surface area contributed by atoms with Crippen molar-refractivity contribution >= 4 is 5.96 Å². The van der Waals surface area contributed by atoms with Crippen molar-refractivity contribution in [1.29, 1.82) is 0 Å². The van der Waals surface area contributed by atoms with E-state index in [0.717, 1.165) is 31.3 Å². The highest BCUT2D eigenvalue weighted by atomic mass is 16.5. The number of hydrogen-bond acceptors (Lipinski definition) is 2. The third-order valence-electron chi connectivity index (χ3n) is 3.17. The second-order valence-corrected chi connectivity index (χ2v) is 4.62. The van der Waals surface area contributed by atoms with Crippen LogP contribution in [-0.4, -0.2) is 31.2 Å². The Morgan fingerprint density at radius 3 is 2.48 bits per heavy atom. The maximum absolute atomic E-state index is 5.15. The van der Waals surface area contributed by atoms with Crippen LogP contribution in [0.15, 0.2) is 53.8 Å². The van der Waals surface area contributed by atoms with Gasteiger partial charge in [0.2, 0.25) is 0 Å². The molecule has 5 heteroatoms. The Bertz CT molecular complexity index is 546. The van der Waals surface area contributed by atoms with E-state index < -0.39 is 0 Å². The first-order valence-corrected chi connectivity index (χ1v) is 7.00. The van der Waals surface area contributed by atoms with Crippen LogP contribution in [-0.2, 0) is 13.1 Å². The zero-order chi connectivity index (χ0) is 14.9. The molecule has 2 N–H and O–H groups in total. The SMILES string of the molecule is CN=C(NCCn1cccc1)NCc1ccc(OC)cc1. The Balaban J connectivity index is 1.74. The van der Waals surface area contributed by atoms with Gasteiger partial charge in [0.1, 0.15) is 5.75 Å². The summed E-state index contributed by atoms with van der Waals surface area (Å²) in [5.41, 5.74) is 1.18. The van der Waals surface area contributed by atoms with E-state index in [1.54, 1.807) is 14.2 Å². The topological polar surface area (TPSA) is 50.6 Å². The largest absolute Gasteiger partial charge is 0.497 e. The predicted octanol–water partition coefficient (Wildman–Crippen LogP) is 1.86. The van der Waals surface area contributed by atoms with Crippen LogP contribution in [0.3, 0.4) is 0 Å². The number of ether oxygens (including phenoxy) is 1. The summed E-state index contributed by atoms with van der Waals surface area (Å²) in [5.74, 6) is 1.67. The molecule has 0 saturated heterocycles. The Hall–Kier alpha value is -2.43. The number of aromatic nitrogens is 1. The normalized spacial score (nSPS) is 11.2. The molecule has 0 spiro atoms. The molecule has 0 aliphatic heterocycles. The van der Waals surface area contributed by atoms with E-state index >= 15 is 0 Å². The average molecular weight is 286 g/mol. The summed E-state index contributed by atoms with van der Waals surface area (Å²) in [6.07, 6.45) is 4.10. The van der Waals surface area contributed by atoms with Gasteiger partial charge in [-0.05, 0) is 29.8 Å². The number of aliphatic imine (C=N–C) groups is 1. The molecule has 1 aromatic heterocycles. The van der Waals surface area contributed by atoms with Gasteiger partial charge in [0.05, 0.1) is 7.11 Å². The lowest BCUT2D eigenvalue weighted by atomic mass is 10.2. The molecular weight excluding hydrogens is 264 g/mol. The van der Waals surface area contributed by atoms with E-state index in [1.165, 1.54) is 5.56 Å². The van der Waals surface area contributed by atoms with Gasteiger partial charge in [-0.3, -0.25) is 4.99 Å². The molecule has 0 unspecified atom stereocenters. The van der Waals surface area contributed by atoms with Crippen LogP contribution in [0.2, 0.25) is 0 Å². The summed E-state index contributed by atoms with van der Waals surface area (Å²) in [5, 5.41) is 6.59. The molecule has 21 heavy (non-hydrogen) atoms. The van der Waals surface area contributed by atoms with Crippen molar-refractivity contribution in [3.63, 3.8) is 0 Å². The highest BCUT2D eigenvalue weighted by Crippen LogP contribution is 2.10. The summed E-state index contributed by atoms with van der Waals surface area (Å²) in [6, 6.07) is 12.0. The molecule has 1 heterocycles. The molecule has 2 rings (SSSR count). The van der Waals surface area contributed by atoms with E-state index in [0.29, 0.717) is 0 Å². The molecule has 0 bridgehead atoms. The first-order valence-electron chi connectivity index (χ1n) is 7.00. The minimum absolute atomic E-state index is 0.729. The molecule has 0 saturated carbocycles. The fourth-order valence-corrected chi connectivity index (χ4v) is 1.97. The van der Waals surface area contributed by atoms with E-state index in [4.69, 9.17) is 4.74 Å². The number of rotatable bonds is 6. The molecule has 1 aromatic carbocycles. The highest BCUT2D eigenvalue weighted by Gasteiger charge is 1.99. The lowest BCUT2D eigenvalue weighted by Crippen LogP contribution is -2.38. The van der Waals surface area contributed by atoms with Crippen molar-refractivity contribution in [3.8, 4) is 5.75 Å². The van der Waals surface area contributed by atoms with Crippen LogP contribution in [0.4, 0.5) is 0 Å². The molecule has 0 fully saturated rings. The first-order chi connectivity index (χ1) is 10.3. The summed E-state index contributed by atoms with van der Waals surface area (Å²) in [7, 11) is 3.45. The Morgan fingerprint density at radius 1 is 1.14 bits per heavy atom. The second kappa shape index (κ2) is 7.99. The lowest BCUT2D eigenvalue weighted by Gasteiger charge is -2.12. The second-order valence-electron chi connectivity index (χ2n) is 4.62. The third-order valence-corrected chi connectivity index (χ3v) is 3.17. The van der Waals surface area contributed by atoms with Gasteiger partial charge in [0.15, 0.2) is 5.96 Å². The minimum atomic E-state index is 0.729. The number of hydrogen-bond donors (Lipinski definition) is 2. The Morgan fingerprint density at radius 2 is 1.86 bits per heavy atom. The van der Waals surface area contributed by atoms with Crippen LogP contribution in [0.1, 0.15) is 5.56 Å². The van der Waals surface area contributed by atoms with Gasteiger partial charge in [-0.25, -0.2) is 0 Å². The maximum atomic E-state index is 5.15. The van der Waals surface area contributed by atoms with Crippen molar-refractivity contribution in [1.82, 2.24) is 15.2 Å². The number of benzene rings is 1. The number of nitrogens with one attached hydrogen (secondary N) is 2. The summed E-state index contributed by atoms with van der Waals surface area (Å²) in [4.78, 5) is 4.22. The molecule has 0 amide bonds. The van der Waals surface area contributed by atoms with Gasteiger partial charge >= 0.3 is 0 Å². The van der Waals surface area contributed by atoms with Gasteiger partial charge in [-0.15, -0.1) is 0 Å². The van der Waals surface area contributed by atoms with Crippen LogP contribution in [0.25, 0.3) is 0 Å². The Kier molecular flexibility index (Phi) is 5.70. The quantitative estimate of drug-likeness (QED) is 0.629. The molecule has 0 radical (unpaired) electrons. The molecule has 0 aliphatic rings. The summed E-state index contributed by atoms with van der Waals surface area (Å²) < 4.78 is 7.27. The van der Waals surface area contributed by atoms with Crippen molar-refractivity contribution < 1.29 is 4.74 Å². The van der Waals surface area contributed by atoms with E-state index in [9.17, 15) is 0 Å². The predicted molar refractivity (Wildman–Crippen MR) is 85.6 cm³/mol. The fourth-order valence-electron chi connectivity index (χ4n) is 1.97. The van der Waals surface area contributed by atoms with Crippen LogP contribution >= 0.6 is 0 Å². The van der Waals surface area contributed by atoms with E-state index in [-0.39, 0.29) is 0 Å². The van der Waals surface area contributed by atoms with Crippen molar-refractivity contribution in [2.24, 2.45) is 4.99 Å². The molecule has 0 atom stereocenters. The van der Waals surface area contributed by atoms with Crippen LogP contribution < -0.4 is 15.4 Å². The zero-order valence-electron chi connectivity index (χ0n) is 12.5. The fraction of sp³-hybridized carbons (Fsp3) is 0.312. The zero-order valence-corrected chi connectivity index (χ0v) is 12.5. The number of methoxy groups -OCH3 is 1. The first kappa shape index (κ1) is 15.0. The van der Waals surface area contributed by atoms with Gasteiger partial charge in [0.25, 0.3) is 0 Å². The summed E-state index contributed by atoms with van der Waals surface area (Å²) in [6.45, 7) is 2.47. The maximum Gasteiger partial charge on any atom is 0.191 e. The van der Waals surface area contributed by atoms with E-state index in [2.05, 4.69) is 32.6 Å². The average Bonchev–Trinajstić information content (AvgIpc) is 3.04. The lowest BCUT2D eigenvalue weighted by molar-refractivity contribution is 0.414. The molecular formula is C16H22N4O. The molecule has 0 aliphatic carbocycles. The molecule has 5 nitrogen and oxygen atoms in total. The van der Waals surface area contributed by atoms with Gasteiger partial charge < -0.3 is 19.9 Å². The van der Waals surface area contributed by atoms with Gasteiger partial charge in [-0.2, -0.15) is 0 Å². The monoisotopic (exact) mass is 286 g/mol. The number of guanidine groups is 1. The highest BCUT2D eigenvalue weighted by molar-refractivity contribution is 5.79. The molecule has 112 valence electrons.